The highest BCUT2D eigenvalue weighted by molar-refractivity contribution is 7.88. The molecule has 0 saturated heterocycles. The number of allylic oxidation sites excluding steroid dienone is 1. The Bertz CT molecular complexity index is 650. The Kier molecular flexibility index (Phi) is 7.05. The van der Waals surface area contributed by atoms with E-state index in [-0.39, 0.29) is 18.9 Å². The molecule has 1 aromatic rings. The molecule has 1 heterocycles. The Morgan fingerprint density at radius 1 is 1.33 bits per heavy atom. The Morgan fingerprint density at radius 2 is 2.17 bits per heavy atom. The van der Waals surface area contributed by atoms with Gasteiger partial charge in [0.2, 0.25) is 15.9 Å². The van der Waals surface area contributed by atoms with Gasteiger partial charge >= 0.3 is 0 Å². The van der Waals surface area contributed by atoms with Gasteiger partial charge in [-0.15, -0.1) is 0 Å². The van der Waals surface area contributed by atoms with E-state index in [0.717, 1.165) is 19.3 Å². The predicted molar refractivity (Wildman–Crippen MR) is 92.8 cm³/mol. The number of amides is 1. The highest BCUT2D eigenvalue weighted by atomic mass is 32.2. The molecule has 0 aliphatic heterocycles. The number of nitrogens with zero attached hydrogens (tertiary/aromatic N) is 1. The third-order valence-corrected chi connectivity index (χ3v) is 5.47. The van der Waals surface area contributed by atoms with Crippen molar-refractivity contribution in [2.45, 2.75) is 45.1 Å². The van der Waals surface area contributed by atoms with E-state index in [1.54, 1.807) is 18.4 Å². The predicted octanol–water partition coefficient (Wildman–Crippen LogP) is 2.44. The van der Waals surface area contributed by atoms with Crippen molar-refractivity contribution >= 4 is 15.9 Å². The van der Waals surface area contributed by atoms with Crippen molar-refractivity contribution in [1.29, 1.82) is 0 Å². The molecule has 0 saturated carbocycles. The summed E-state index contributed by atoms with van der Waals surface area (Å²) in [6, 6.07) is 3.54. The van der Waals surface area contributed by atoms with E-state index in [2.05, 4.69) is 11.4 Å². The molecule has 2 rings (SSSR count). The number of furan rings is 1. The Morgan fingerprint density at radius 3 is 2.79 bits per heavy atom. The number of hydrogen-bond acceptors (Lipinski definition) is 4. The molecule has 0 atom stereocenters. The smallest absolute Gasteiger partial charge is 0.221 e. The summed E-state index contributed by atoms with van der Waals surface area (Å²) in [5.41, 5.74) is 1.33. The van der Waals surface area contributed by atoms with Gasteiger partial charge in [0.25, 0.3) is 0 Å². The second kappa shape index (κ2) is 9.03. The molecule has 0 radical (unpaired) electrons. The fourth-order valence-corrected chi connectivity index (χ4v) is 3.60. The Balaban J connectivity index is 1.78. The quantitative estimate of drug-likeness (QED) is 0.691. The van der Waals surface area contributed by atoms with Gasteiger partial charge in [0.15, 0.2) is 0 Å². The van der Waals surface area contributed by atoms with Crippen LogP contribution >= 0.6 is 0 Å². The van der Waals surface area contributed by atoms with Gasteiger partial charge < -0.3 is 9.73 Å². The van der Waals surface area contributed by atoms with Gasteiger partial charge in [-0.05, 0) is 44.2 Å². The van der Waals surface area contributed by atoms with E-state index in [0.29, 0.717) is 18.8 Å². The van der Waals surface area contributed by atoms with E-state index in [9.17, 15) is 13.2 Å². The van der Waals surface area contributed by atoms with Crippen LogP contribution in [0, 0.1) is 0 Å². The lowest BCUT2D eigenvalue weighted by Gasteiger charge is -2.21. The van der Waals surface area contributed by atoms with Crippen molar-refractivity contribution in [3.8, 4) is 0 Å². The van der Waals surface area contributed by atoms with Crippen LogP contribution in [-0.2, 0) is 21.4 Å². The monoisotopic (exact) mass is 354 g/mol. The van der Waals surface area contributed by atoms with Crippen LogP contribution in [0.2, 0.25) is 0 Å². The van der Waals surface area contributed by atoms with E-state index >= 15 is 0 Å². The molecule has 1 amide bonds. The van der Waals surface area contributed by atoms with E-state index in [1.165, 1.54) is 29.0 Å². The lowest BCUT2D eigenvalue weighted by atomic mass is 9.97. The van der Waals surface area contributed by atoms with Gasteiger partial charge in [0.05, 0.1) is 19.1 Å². The number of rotatable bonds is 9. The molecule has 1 aromatic heterocycles. The average Bonchev–Trinajstić information content (AvgIpc) is 3.06. The first-order valence-corrected chi connectivity index (χ1v) is 10.2. The van der Waals surface area contributed by atoms with Crippen LogP contribution < -0.4 is 5.32 Å². The first kappa shape index (κ1) is 18.7. The molecule has 1 aliphatic rings. The third kappa shape index (κ3) is 6.49. The summed E-state index contributed by atoms with van der Waals surface area (Å²) in [6.07, 6.45) is 10.4. The molecule has 0 bridgehead atoms. The van der Waals surface area contributed by atoms with E-state index < -0.39 is 10.0 Å². The minimum atomic E-state index is -3.31. The maximum atomic E-state index is 11.9. The summed E-state index contributed by atoms with van der Waals surface area (Å²) in [7, 11) is -3.31. The van der Waals surface area contributed by atoms with Crippen LogP contribution in [-0.4, -0.2) is 38.0 Å². The molecule has 7 heteroatoms. The summed E-state index contributed by atoms with van der Waals surface area (Å²) in [5, 5.41) is 2.73. The number of hydrogen-bond donors (Lipinski definition) is 1. The van der Waals surface area contributed by atoms with Crippen LogP contribution in [0.25, 0.3) is 0 Å². The van der Waals surface area contributed by atoms with Crippen molar-refractivity contribution < 1.29 is 17.6 Å². The number of sulfonamides is 1. The van der Waals surface area contributed by atoms with Crippen molar-refractivity contribution in [1.82, 2.24) is 9.62 Å². The van der Waals surface area contributed by atoms with Gasteiger partial charge in [-0.3, -0.25) is 4.79 Å². The lowest BCUT2D eigenvalue weighted by molar-refractivity contribution is -0.121. The van der Waals surface area contributed by atoms with Crippen LogP contribution in [0.5, 0.6) is 0 Å². The van der Waals surface area contributed by atoms with Crippen LogP contribution in [0.1, 0.15) is 44.3 Å². The summed E-state index contributed by atoms with van der Waals surface area (Å²) in [5.74, 6) is 0.490. The second-order valence-electron chi connectivity index (χ2n) is 6.13. The molecular formula is C17H26N2O4S. The first-order valence-electron chi connectivity index (χ1n) is 8.37. The number of nitrogens with one attached hydrogen (secondary N) is 1. The molecule has 0 fully saturated rings. The van der Waals surface area contributed by atoms with Gasteiger partial charge in [0.1, 0.15) is 5.76 Å². The third-order valence-electron chi connectivity index (χ3n) is 4.16. The molecular weight excluding hydrogens is 328 g/mol. The zero-order valence-corrected chi connectivity index (χ0v) is 15.0. The molecule has 134 valence electrons. The lowest BCUT2D eigenvalue weighted by Crippen LogP contribution is -2.35. The minimum absolute atomic E-state index is 0.146. The maximum absolute atomic E-state index is 11.9. The van der Waals surface area contributed by atoms with Crippen molar-refractivity contribution in [3.05, 3.63) is 35.8 Å². The van der Waals surface area contributed by atoms with Gasteiger partial charge in [-0.1, -0.05) is 11.6 Å². The van der Waals surface area contributed by atoms with Crippen LogP contribution in [0.4, 0.5) is 0 Å². The molecule has 1 N–H and O–H groups in total. The van der Waals surface area contributed by atoms with Crippen LogP contribution in [0.15, 0.2) is 34.5 Å². The highest BCUT2D eigenvalue weighted by Crippen LogP contribution is 2.20. The summed E-state index contributed by atoms with van der Waals surface area (Å²) in [4.78, 5) is 11.9. The second-order valence-corrected chi connectivity index (χ2v) is 8.11. The Labute approximate surface area is 144 Å². The molecule has 0 aromatic carbocycles. The van der Waals surface area contributed by atoms with Gasteiger partial charge in [-0.2, -0.15) is 0 Å². The van der Waals surface area contributed by atoms with Crippen LogP contribution in [0.3, 0.4) is 0 Å². The molecule has 0 spiro atoms. The van der Waals surface area contributed by atoms with Gasteiger partial charge in [-0.25, -0.2) is 12.7 Å². The van der Waals surface area contributed by atoms with E-state index in [1.807, 2.05) is 0 Å². The average molecular weight is 354 g/mol. The molecule has 24 heavy (non-hydrogen) atoms. The first-order chi connectivity index (χ1) is 11.4. The molecule has 0 unspecified atom stereocenters. The highest BCUT2D eigenvalue weighted by Gasteiger charge is 2.18. The maximum Gasteiger partial charge on any atom is 0.221 e. The summed E-state index contributed by atoms with van der Waals surface area (Å²) >= 11 is 0. The largest absolute Gasteiger partial charge is 0.467 e. The SMILES string of the molecule is CS(=O)(=O)N(CCC(=O)NCc1ccco1)CCC1=CCCCC1. The standard InChI is InChI=1S/C17H26N2O4S/c1-24(21,22)19(11-9-15-6-3-2-4-7-15)12-10-17(20)18-14-16-8-5-13-23-16/h5-6,8,13H,2-4,7,9-12,14H2,1H3,(H,18,20). The van der Waals surface area contributed by atoms with E-state index in [4.69, 9.17) is 4.42 Å². The summed E-state index contributed by atoms with van der Waals surface area (Å²) in [6.45, 7) is 0.962. The zero-order valence-electron chi connectivity index (χ0n) is 14.2. The van der Waals surface area contributed by atoms with Gasteiger partial charge in [0, 0.05) is 19.5 Å². The van der Waals surface area contributed by atoms with Crippen molar-refractivity contribution in [2.24, 2.45) is 0 Å². The summed E-state index contributed by atoms with van der Waals surface area (Å²) < 4.78 is 30.4. The number of carbonyl (C=O) groups is 1. The molecule has 1 aliphatic carbocycles. The van der Waals surface area contributed by atoms with Crippen molar-refractivity contribution in [2.75, 3.05) is 19.3 Å². The normalized spacial score (nSPS) is 15.3. The fourth-order valence-electron chi connectivity index (χ4n) is 2.76. The molecule has 6 nitrogen and oxygen atoms in total. The Hall–Kier alpha value is -1.60. The minimum Gasteiger partial charge on any atom is -0.467 e. The van der Waals surface area contributed by atoms with Crippen molar-refractivity contribution in [3.63, 3.8) is 0 Å². The fraction of sp³-hybridized carbons (Fsp3) is 0.588. The zero-order chi connectivity index (χ0) is 17.4. The number of carbonyl (C=O) groups excluding carboxylic acids is 1. The topological polar surface area (TPSA) is 79.6 Å².